The van der Waals surface area contributed by atoms with Gasteiger partial charge in [-0.25, -0.2) is 0 Å². The van der Waals surface area contributed by atoms with Crippen molar-refractivity contribution in [2.24, 2.45) is 5.73 Å². The van der Waals surface area contributed by atoms with Crippen molar-refractivity contribution in [2.45, 2.75) is 58.6 Å². The second-order valence-corrected chi connectivity index (χ2v) is 6.94. The van der Waals surface area contributed by atoms with Crippen molar-refractivity contribution in [3.8, 4) is 5.75 Å². The fourth-order valence-corrected chi connectivity index (χ4v) is 2.83. The third-order valence-corrected chi connectivity index (χ3v) is 4.12. The predicted octanol–water partition coefficient (Wildman–Crippen LogP) is 3.96. The molecule has 1 aromatic carbocycles. The number of fused-ring (bicyclic) bond motifs is 1. The Balaban J connectivity index is 2.40. The SMILES string of the molecule is C=C(C)CN1C(=O)C(C)(C)Oc2ccc(C(N)CCCC)cc21. The van der Waals surface area contributed by atoms with Crippen LogP contribution in [0.1, 0.15) is 58.6 Å². The molecule has 0 saturated heterocycles. The number of nitrogens with zero attached hydrogens (tertiary/aromatic N) is 1. The molecule has 0 fully saturated rings. The lowest BCUT2D eigenvalue weighted by molar-refractivity contribution is -0.132. The number of rotatable bonds is 6. The van der Waals surface area contributed by atoms with Crippen molar-refractivity contribution in [1.82, 2.24) is 0 Å². The van der Waals surface area contributed by atoms with Crippen LogP contribution < -0.4 is 15.4 Å². The van der Waals surface area contributed by atoms with Gasteiger partial charge < -0.3 is 15.4 Å². The van der Waals surface area contributed by atoms with Crippen molar-refractivity contribution in [1.29, 1.82) is 0 Å². The van der Waals surface area contributed by atoms with Gasteiger partial charge in [-0.1, -0.05) is 38.0 Å². The molecule has 0 aliphatic carbocycles. The van der Waals surface area contributed by atoms with Crippen LogP contribution in [0.15, 0.2) is 30.4 Å². The minimum absolute atomic E-state index is 0.0167. The van der Waals surface area contributed by atoms with Crippen molar-refractivity contribution in [3.63, 3.8) is 0 Å². The second kappa shape index (κ2) is 6.75. The molecule has 0 spiro atoms. The van der Waals surface area contributed by atoms with Crippen LogP contribution in [0.3, 0.4) is 0 Å². The second-order valence-electron chi connectivity index (χ2n) is 6.94. The molecule has 0 aromatic heterocycles. The summed E-state index contributed by atoms with van der Waals surface area (Å²) in [5.41, 5.74) is 8.19. The molecule has 0 bridgehead atoms. The van der Waals surface area contributed by atoms with Crippen LogP contribution in [0.4, 0.5) is 5.69 Å². The lowest BCUT2D eigenvalue weighted by atomic mass is 9.98. The summed E-state index contributed by atoms with van der Waals surface area (Å²) in [4.78, 5) is 14.5. The van der Waals surface area contributed by atoms with E-state index in [9.17, 15) is 4.79 Å². The van der Waals surface area contributed by atoms with E-state index >= 15 is 0 Å². The van der Waals surface area contributed by atoms with Crippen LogP contribution in [-0.2, 0) is 4.79 Å². The fourth-order valence-electron chi connectivity index (χ4n) is 2.83. The minimum atomic E-state index is -0.867. The average molecular weight is 316 g/mol. The van der Waals surface area contributed by atoms with Gasteiger partial charge in [-0.05, 0) is 44.9 Å². The number of ether oxygens (including phenoxy) is 1. The number of unbranched alkanes of at least 4 members (excludes halogenated alkanes) is 1. The smallest absolute Gasteiger partial charge is 0.270 e. The number of carbonyl (C=O) groups excluding carboxylic acids is 1. The summed E-state index contributed by atoms with van der Waals surface area (Å²) in [6.45, 7) is 12.1. The highest BCUT2D eigenvalue weighted by Gasteiger charge is 2.40. The molecular weight excluding hydrogens is 288 g/mol. The highest BCUT2D eigenvalue weighted by Crippen LogP contribution is 2.39. The zero-order valence-corrected chi connectivity index (χ0v) is 14.7. The van der Waals surface area contributed by atoms with E-state index in [2.05, 4.69) is 13.5 Å². The molecular formula is C19H28N2O2. The van der Waals surface area contributed by atoms with Gasteiger partial charge in [-0.2, -0.15) is 0 Å². The van der Waals surface area contributed by atoms with Gasteiger partial charge in [0.2, 0.25) is 0 Å². The fraction of sp³-hybridized carbons (Fsp3) is 0.526. The summed E-state index contributed by atoms with van der Waals surface area (Å²) in [5, 5.41) is 0. The Labute approximate surface area is 139 Å². The molecule has 1 unspecified atom stereocenters. The Morgan fingerprint density at radius 3 is 2.74 bits per heavy atom. The van der Waals surface area contributed by atoms with Gasteiger partial charge >= 0.3 is 0 Å². The number of amides is 1. The van der Waals surface area contributed by atoms with E-state index in [1.165, 1.54) is 0 Å². The van der Waals surface area contributed by atoms with Crippen LogP contribution in [0.5, 0.6) is 5.75 Å². The molecule has 0 saturated carbocycles. The number of hydrogen-bond donors (Lipinski definition) is 1. The molecule has 4 heteroatoms. The summed E-state index contributed by atoms with van der Waals surface area (Å²) in [6.07, 6.45) is 3.16. The van der Waals surface area contributed by atoms with Crippen molar-refractivity contribution < 1.29 is 9.53 Å². The van der Waals surface area contributed by atoms with E-state index in [1.807, 2.05) is 25.1 Å². The van der Waals surface area contributed by atoms with E-state index < -0.39 is 5.60 Å². The first-order valence-corrected chi connectivity index (χ1v) is 8.31. The molecule has 1 aromatic rings. The number of carbonyl (C=O) groups is 1. The Morgan fingerprint density at radius 2 is 2.13 bits per heavy atom. The predicted molar refractivity (Wildman–Crippen MR) is 94.8 cm³/mol. The Bertz CT molecular complexity index is 607. The molecule has 23 heavy (non-hydrogen) atoms. The zero-order chi connectivity index (χ0) is 17.2. The zero-order valence-electron chi connectivity index (χ0n) is 14.7. The Kier molecular flexibility index (Phi) is 5.15. The van der Waals surface area contributed by atoms with Crippen LogP contribution in [0.2, 0.25) is 0 Å². The highest BCUT2D eigenvalue weighted by atomic mass is 16.5. The molecule has 1 amide bonds. The lowest BCUT2D eigenvalue weighted by Gasteiger charge is -2.39. The van der Waals surface area contributed by atoms with Crippen LogP contribution >= 0.6 is 0 Å². The molecule has 0 radical (unpaired) electrons. The van der Waals surface area contributed by atoms with Gasteiger partial charge in [0.15, 0.2) is 5.60 Å². The Hall–Kier alpha value is -1.81. The maximum atomic E-state index is 12.7. The van der Waals surface area contributed by atoms with Crippen molar-refractivity contribution in [2.75, 3.05) is 11.4 Å². The Morgan fingerprint density at radius 1 is 1.43 bits per heavy atom. The van der Waals surface area contributed by atoms with Crippen molar-refractivity contribution >= 4 is 11.6 Å². The van der Waals surface area contributed by atoms with E-state index in [0.29, 0.717) is 6.54 Å². The number of hydrogen-bond acceptors (Lipinski definition) is 3. The van der Waals surface area contributed by atoms with Crippen LogP contribution in [-0.4, -0.2) is 18.1 Å². The number of nitrogens with two attached hydrogens (primary N) is 1. The topological polar surface area (TPSA) is 55.6 Å². The van der Waals surface area contributed by atoms with E-state index in [-0.39, 0.29) is 11.9 Å². The summed E-state index contributed by atoms with van der Waals surface area (Å²) in [7, 11) is 0. The first-order chi connectivity index (χ1) is 10.8. The summed E-state index contributed by atoms with van der Waals surface area (Å²) >= 11 is 0. The van der Waals surface area contributed by atoms with Gasteiger partial charge in [0.1, 0.15) is 5.75 Å². The standard InChI is InChI=1S/C19H28N2O2/c1-6-7-8-15(20)14-9-10-17-16(11-14)21(12-13(2)3)18(22)19(4,5)23-17/h9-11,15H,2,6-8,12,20H2,1,3-5H3. The number of anilines is 1. The van der Waals surface area contributed by atoms with Gasteiger partial charge in [-0.15, -0.1) is 0 Å². The summed E-state index contributed by atoms with van der Waals surface area (Å²) < 4.78 is 5.90. The average Bonchev–Trinajstić information content (AvgIpc) is 2.48. The quantitative estimate of drug-likeness (QED) is 0.808. The van der Waals surface area contributed by atoms with Gasteiger partial charge in [-0.3, -0.25) is 4.79 Å². The molecule has 1 heterocycles. The third kappa shape index (κ3) is 3.75. The lowest BCUT2D eigenvalue weighted by Crippen LogP contribution is -2.53. The van der Waals surface area contributed by atoms with E-state index in [1.54, 1.807) is 18.7 Å². The largest absolute Gasteiger partial charge is 0.476 e. The van der Waals surface area contributed by atoms with Gasteiger partial charge in [0, 0.05) is 12.6 Å². The molecule has 4 nitrogen and oxygen atoms in total. The molecule has 2 N–H and O–H groups in total. The van der Waals surface area contributed by atoms with Gasteiger partial charge in [0.25, 0.3) is 5.91 Å². The summed E-state index contributed by atoms with van der Waals surface area (Å²) in [6, 6.07) is 5.91. The normalized spacial score (nSPS) is 17.4. The first kappa shape index (κ1) is 17.5. The van der Waals surface area contributed by atoms with E-state index in [0.717, 1.165) is 41.8 Å². The molecule has 1 atom stereocenters. The monoisotopic (exact) mass is 316 g/mol. The van der Waals surface area contributed by atoms with Crippen LogP contribution in [0.25, 0.3) is 0 Å². The molecule has 1 aliphatic heterocycles. The van der Waals surface area contributed by atoms with Crippen LogP contribution in [0, 0.1) is 0 Å². The highest BCUT2D eigenvalue weighted by molar-refractivity contribution is 6.02. The maximum absolute atomic E-state index is 12.7. The summed E-state index contributed by atoms with van der Waals surface area (Å²) in [5.74, 6) is 0.676. The molecule has 1 aliphatic rings. The minimum Gasteiger partial charge on any atom is -0.476 e. The van der Waals surface area contributed by atoms with E-state index in [4.69, 9.17) is 10.5 Å². The first-order valence-electron chi connectivity index (χ1n) is 8.31. The van der Waals surface area contributed by atoms with Gasteiger partial charge in [0.05, 0.1) is 5.69 Å². The van der Waals surface area contributed by atoms with Crippen molar-refractivity contribution in [3.05, 3.63) is 35.9 Å². The third-order valence-electron chi connectivity index (χ3n) is 4.12. The molecule has 126 valence electrons. The molecule has 2 rings (SSSR count). The number of benzene rings is 1. The maximum Gasteiger partial charge on any atom is 0.270 e.